The minimum atomic E-state index is -1.15. The van der Waals surface area contributed by atoms with Gasteiger partial charge >= 0.3 is 5.97 Å². The molecular formula is C25H38N6O5S2. The highest BCUT2D eigenvalue weighted by atomic mass is 32.2. The third-order valence-electron chi connectivity index (χ3n) is 6.07. The van der Waals surface area contributed by atoms with E-state index in [4.69, 9.17) is 11.5 Å². The van der Waals surface area contributed by atoms with Crippen molar-refractivity contribution in [3.05, 3.63) is 36.0 Å². The van der Waals surface area contributed by atoms with Gasteiger partial charge in [0.1, 0.15) is 18.1 Å². The Bertz CT molecular complexity index is 1080. The van der Waals surface area contributed by atoms with Crippen LogP contribution in [0.15, 0.2) is 30.5 Å². The molecule has 4 unspecified atom stereocenters. The van der Waals surface area contributed by atoms with E-state index in [0.717, 1.165) is 16.5 Å². The molecule has 0 spiro atoms. The standard InChI is InChI=1S/C25H38N6O5S2/c1-38-11-9-20(25(35)36)30-23(33)19(8-4-5-10-26)29-24(34)21(14-37)31-22(32)17(27)12-15-13-28-18-7-3-2-6-16(15)18/h2-3,6-7,13,17,19-21,28,37H,4-5,8-12,14,26-27H2,1H3,(H,29,34)(H,30,33)(H,31,32)(H,35,36). The van der Waals surface area contributed by atoms with Crippen LogP contribution in [0.25, 0.3) is 10.9 Å². The number of para-hydroxylation sites is 1. The molecule has 0 saturated heterocycles. The van der Waals surface area contributed by atoms with Crippen LogP contribution in [0.2, 0.25) is 0 Å². The fourth-order valence-electron chi connectivity index (χ4n) is 3.90. The molecule has 0 bridgehead atoms. The number of fused-ring (bicyclic) bond motifs is 1. The van der Waals surface area contributed by atoms with Gasteiger partial charge in [0.2, 0.25) is 17.7 Å². The molecule has 0 aliphatic heterocycles. The number of unbranched alkanes of at least 4 members (excludes halogenated alkanes) is 1. The number of nitrogens with two attached hydrogens (primary N) is 2. The lowest BCUT2D eigenvalue weighted by Crippen LogP contribution is -2.57. The van der Waals surface area contributed by atoms with Gasteiger partial charge in [0.15, 0.2) is 0 Å². The van der Waals surface area contributed by atoms with E-state index in [0.29, 0.717) is 25.1 Å². The summed E-state index contributed by atoms with van der Waals surface area (Å²) < 4.78 is 0. The number of rotatable bonds is 17. The molecule has 13 heteroatoms. The Kier molecular flexibility index (Phi) is 13.5. The first-order chi connectivity index (χ1) is 18.2. The molecule has 1 aromatic carbocycles. The molecule has 1 heterocycles. The minimum Gasteiger partial charge on any atom is -0.480 e. The summed E-state index contributed by atoms with van der Waals surface area (Å²) in [6.45, 7) is 0.414. The van der Waals surface area contributed by atoms with E-state index in [1.165, 1.54) is 11.8 Å². The van der Waals surface area contributed by atoms with Crippen molar-refractivity contribution in [2.24, 2.45) is 11.5 Å². The fourth-order valence-corrected chi connectivity index (χ4v) is 4.63. The van der Waals surface area contributed by atoms with E-state index < -0.39 is 47.9 Å². The van der Waals surface area contributed by atoms with E-state index in [1.807, 2.05) is 30.5 Å². The molecule has 210 valence electrons. The van der Waals surface area contributed by atoms with Crippen LogP contribution in [-0.2, 0) is 25.6 Å². The first-order valence-electron chi connectivity index (χ1n) is 12.5. The quantitative estimate of drug-likeness (QED) is 0.0995. The van der Waals surface area contributed by atoms with Crippen LogP contribution in [0, 0.1) is 0 Å². The molecule has 0 saturated carbocycles. The summed E-state index contributed by atoms with van der Waals surface area (Å²) in [7, 11) is 0. The maximum absolute atomic E-state index is 13.0. The predicted octanol–water partition coefficient (Wildman–Crippen LogP) is 0.389. The molecule has 2 aromatic rings. The van der Waals surface area contributed by atoms with Crippen molar-refractivity contribution in [2.75, 3.05) is 24.3 Å². The highest BCUT2D eigenvalue weighted by molar-refractivity contribution is 7.98. The topological polar surface area (TPSA) is 192 Å². The van der Waals surface area contributed by atoms with Crippen molar-refractivity contribution < 1.29 is 24.3 Å². The zero-order valence-corrected chi connectivity index (χ0v) is 23.2. The number of carbonyl (C=O) groups excluding carboxylic acids is 3. The number of thioether (sulfide) groups is 1. The van der Waals surface area contributed by atoms with Gasteiger partial charge in [0.25, 0.3) is 0 Å². The minimum absolute atomic E-state index is 0.0278. The normalized spacial score (nSPS) is 14.3. The summed E-state index contributed by atoms with van der Waals surface area (Å²) in [6, 6.07) is 3.62. The number of carboxylic acid groups (broad SMARTS) is 1. The highest BCUT2D eigenvalue weighted by Crippen LogP contribution is 2.18. The lowest BCUT2D eigenvalue weighted by atomic mass is 10.0. The molecule has 0 radical (unpaired) electrons. The van der Waals surface area contributed by atoms with Gasteiger partial charge in [-0.3, -0.25) is 14.4 Å². The number of carbonyl (C=O) groups is 4. The number of hydrogen-bond donors (Lipinski definition) is 8. The van der Waals surface area contributed by atoms with E-state index in [-0.39, 0.29) is 25.0 Å². The molecular weight excluding hydrogens is 528 g/mol. The van der Waals surface area contributed by atoms with Gasteiger partial charge in [-0.05, 0) is 62.3 Å². The van der Waals surface area contributed by atoms with Crippen molar-refractivity contribution in [1.29, 1.82) is 0 Å². The Hall–Kier alpha value is -2.74. The lowest BCUT2D eigenvalue weighted by Gasteiger charge is -2.24. The number of benzene rings is 1. The summed E-state index contributed by atoms with van der Waals surface area (Å²) in [5.74, 6) is -2.38. The number of aromatic amines is 1. The SMILES string of the molecule is CSCCC(NC(=O)C(CCCCN)NC(=O)C(CS)NC(=O)C(N)Cc1c[nH]c2ccccc12)C(=O)O. The van der Waals surface area contributed by atoms with Crippen LogP contribution < -0.4 is 27.4 Å². The van der Waals surface area contributed by atoms with Crippen molar-refractivity contribution in [1.82, 2.24) is 20.9 Å². The van der Waals surface area contributed by atoms with Gasteiger partial charge in [-0.2, -0.15) is 24.4 Å². The summed E-state index contributed by atoms with van der Waals surface area (Å²) >= 11 is 5.67. The second-order valence-corrected chi connectivity index (χ2v) is 10.3. The van der Waals surface area contributed by atoms with Crippen LogP contribution in [0.5, 0.6) is 0 Å². The summed E-state index contributed by atoms with van der Waals surface area (Å²) in [4.78, 5) is 53.5. The molecule has 0 aliphatic rings. The van der Waals surface area contributed by atoms with E-state index in [1.54, 1.807) is 6.20 Å². The van der Waals surface area contributed by atoms with Crippen LogP contribution in [-0.4, -0.2) is 82.3 Å². The molecule has 1 aromatic heterocycles. The molecule has 3 amide bonds. The largest absolute Gasteiger partial charge is 0.480 e. The number of aliphatic carboxylic acids is 1. The van der Waals surface area contributed by atoms with Crippen LogP contribution in [0.3, 0.4) is 0 Å². The molecule has 2 rings (SSSR count). The van der Waals surface area contributed by atoms with Gasteiger partial charge in [-0.15, -0.1) is 0 Å². The third kappa shape index (κ3) is 9.53. The Morgan fingerprint density at radius 2 is 1.66 bits per heavy atom. The van der Waals surface area contributed by atoms with E-state index in [9.17, 15) is 24.3 Å². The van der Waals surface area contributed by atoms with E-state index >= 15 is 0 Å². The summed E-state index contributed by atoms with van der Waals surface area (Å²) in [5.41, 5.74) is 13.5. The molecule has 4 atom stereocenters. The molecule has 0 aliphatic carbocycles. The van der Waals surface area contributed by atoms with Gasteiger partial charge in [-0.1, -0.05) is 18.2 Å². The summed E-state index contributed by atoms with van der Waals surface area (Å²) in [6.07, 6.45) is 5.58. The number of carboxylic acids is 1. The number of nitrogens with one attached hydrogen (secondary N) is 4. The second-order valence-electron chi connectivity index (χ2n) is 8.94. The zero-order valence-electron chi connectivity index (χ0n) is 21.4. The predicted molar refractivity (Wildman–Crippen MR) is 153 cm³/mol. The smallest absolute Gasteiger partial charge is 0.326 e. The average Bonchev–Trinajstić information content (AvgIpc) is 3.31. The Labute approximate surface area is 232 Å². The van der Waals surface area contributed by atoms with Crippen LogP contribution >= 0.6 is 24.4 Å². The average molecular weight is 567 g/mol. The number of H-pyrrole nitrogens is 1. The zero-order chi connectivity index (χ0) is 28.1. The van der Waals surface area contributed by atoms with Crippen molar-refractivity contribution in [3.63, 3.8) is 0 Å². The van der Waals surface area contributed by atoms with Crippen molar-refractivity contribution in [2.45, 2.75) is 56.3 Å². The lowest BCUT2D eigenvalue weighted by molar-refractivity contribution is -0.142. The van der Waals surface area contributed by atoms with Crippen LogP contribution in [0.4, 0.5) is 0 Å². The monoisotopic (exact) mass is 566 g/mol. The number of hydrogen-bond acceptors (Lipinski definition) is 8. The number of aromatic nitrogens is 1. The highest BCUT2D eigenvalue weighted by Gasteiger charge is 2.29. The first kappa shape index (κ1) is 31.5. The maximum Gasteiger partial charge on any atom is 0.326 e. The Morgan fingerprint density at radius 1 is 1.00 bits per heavy atom. The van der Waals surface area contributed by atoms with Crippen molar-refractivity contribution in [3.8, 4) is 0 Å². The fraction of sp³-hybridized carbons (Fsp3) is 0.520. The van der Waals surface area contributed by atoms with Crippen LogP contribution in [0.1, 0.15) is 31.2 Å². The van der Waals surface area contributed by atoms with Gasteiger partial charge in [0.05, 0.1) is 6.04 Å². The number of thiol groups is 1. The van der Waals surface area contributed by atoms with Gasteiger partial charge < -0.3 is 37.5 Å². The first-order valence-corrected chi connectivity index (χ1v) is 14.5. The third-order valence-corrected chi connectivity index (χ3v) is 7.08. The Morgan fingerprint density at radius 3 is 2.32 bits per heavy atom. The Balaban J connectivity index is 2.03. The molecule has 0 fully saturated rings. The second kappa shape index (κ2) is 16.3. The number of amides is 3. The molecule has 9 N–H and O–H groups in total. The van der Waals surface area contributed by atoms with E-state index in [2.05, 4.69) is 33.6 Å². The molecule has 38 heavy (non-hydrogen) atoms. The summed E-state index contributed by atoms with van der Waals surface area (Å²) in [5, 5.41) is 18.2. The maximum atomic E-state index is 13.0. The van der Waals surface area contributed by atoms with Gasteiger partial charge in [0, 0.05) is 22.9 Å². The van der Waals surface area contributed by atoms with Gasteiger partial charge in [-0.25, -0.2) is 4.79 Å². The molecule has 11 nitrogen and oxygen atoms in total. The van der Waals surface area contributed by atoms with Crippen molar-refractivity contribution >= 4 is 59.0 Å².